The molecule has 0 fully saturated rings. The molecule has 2 atom stereocenters. The number of benzene rings is 2. The van der Waals surface area contributed by atoms with Crippen LogP contribution < -0.4 is 21.7 Å². The second-order valence-corrected chi connectivity index (χ2v) is 9.99. The summed E-state index contributed by atoms with van der Waals surface area (Å²) in [6, 6.07) is 15.6. The van der Waals surface area contributed by atoms with E-state index in [2.05, 4.69) is 20.9 Å². The molecule has 0 aliphatic carbocycles. The highest BCUT2D eigenvalue weighted by molar-refractivity contribution is 7.14. The number of ether oxygens (including phenoxy) is 1. The van der Waals surface area contributed by atoms with E-state index in [1.165, 1.54) is 5.38 Å². The molecule has 0 saturated heterocycles. The van der Waals surface area contributed by atoms with Gasteiger partial charge in [-0.05, 0) is 31.9 Å². The van der Waals surface area contributed by atoms with Gasteiger partial charge in [-0.2, -0.15) is 0 Å². The molecule has 0 bridgehead atoms. The topological polar surface area (TPSA) is 153 Å². The van der Waals surface area contributed by atoms with Gasteiger partial charge in [0.2, 0.25) is 11.8 Å². The minimum absolute atomic E-state index is 0.0228. The lowest BCUT2D eigenvalue weighted by Gasteiger charge is -2.25. The van der Waals surface area contributed by atoms with E-state index in [4.69, 9.17) is 10.5 Å². The molecule has 1 aromatic heterocycles. The fourth-order valence-electron chi connectivity index (χ4n) is 3.32. The van der Waals surface area contributed by atoms with E-state index < -0.39 is 41.5 Å². The predicted octanol–water partition coefficient (Wildman–Crippen LogP) is 3.17. The first kappa shape index (κ1) is 27.3. The molecule has 4 amide bonds. The molecule has 5 N–H and O–H groups in total. The van der Waals surface area contributed by atoms with Crippen LogP contribution in [0.2, 0.25) is 0 Å². The van der Waals surface area contributed by atoms with Crippen molar-refractivity contribution in [3.8, 4) is 0 Å². The van der Waals surface area contributed by atoms with Gasteiger partial charge in [0, 0.05) is 11.8 Å². The van der Waals surface area contributed by atoms with E-state index in [9.17, 15) is 19.2 Å². The summed E-state index contributed by atoms with van der Waals surface area (Å²) < 4.78 is 5.33. The quantitative estimate of drug-likeness (QED) is 0.338. The molecule has 3 aromatic rings. The summed E-state index contributed by atoms with van der Waals surface area (Å²) in [5, 5.41) is 9.56. The van der Waals surface area contributed by atoms with Crippen LogP contribution in [0.5, 0.6) is 0 Å². The van der Waals surface area contributed by atoms with E-state index in [0.717, 1.165) is 16.9 Å². The molecular formula is C26H29N5O5S. The molecule has 0 aliphatic rings. The molecule has 0 saturated carbocycles. The van der Waals surface area contributed by atoms with Crippen LogP contribution in [-0.2, 0) is 20.7 Å². The zero-order valence-corrected chi connectivity index (χ0v) is 21.5. The molecule has 1 heterocycles. The van der Waals surface area contributed by atoms with E-state index >= 15 is 0 Å². The van der Waals surface area contributed by atoms with Gasteiger partial charge in [-0.25, -0.2) is 9.78 Å². The number of aromatic nitrogens is 1. The Morgan fingerprint density at radius 3 is 2.14 bits per heavy atom. The first-order valence-electron chi connectivity index (χ1n) is 11.5. The highest BCUT2D eigenvalue weighted by atomic mass is 32.1. The van der Waals surface area contributed by atoms with Gasteiger partial charge in [-0.15, -0.1) is 11.3 Å². The van der Waals surface area contributed by atoms with Crippen LogP contribution in [0, 0.1) is 0 Å². The minimum atomic E-state index is -1.12. The lowest BCUT2D eigenvalue weighted by molar-refractivity contribution is -0.128. The summed E-state index contributed by atoms with van der Waals surface area (Å²) in [6.07, 6.45) is -0.609. The van der Waals surface area contributed by atoms with Crippen molar-refractivity contribution < 1.29 is 23.9 Å². The average molecular weight is 524 g/mol. The Balaban J connectivity index is 1.84. The molecule has 3 rings (SSSR count). The third-order valence-corrected chi connectivity index (χ3v) is 5.72. The average Bonchev–Trinajstić information content (AvgIpc) is 3.31. The van der Waals surface area contributed by atoms with Gasteiger partial charge >= 0.3 is 6.09 Å². The third-order valence-electron chi connectivity index (χ3n) is 4.96. The number of rotatable bonds is 9. The second kappa shape index (κ2) is 12.1. The monoisotopic (exact) mass is 523 g/mol. The molecule has 0 spiro atoms. The largest absolute Gasteiger partial charge is 0.444 e. The van der Waals surface area contributed by atoms with Gasteiger partial charge in [-0.1, -0.05) is 60.7 Å². The van der Waals surface area contributed by atoms with Crippen LogP contribution in [0.1, 0.15) is 48.4 Å². The Morgan fingerprint density at radius 1 is 0.946 bits per heavy atom. The van der Waals surface area contributed by atoms with Crippen molar-refractivity contribution in [3.63, 3.8) is 0 Å². The van der Waals surface area contributed by atoms with Gasteiger partial charge in [0.05, 0.1) is 0 Å². The number of alkyl carbamates (subject to hydrolysis) is 1. The lowest BCUT2D eigenvalue weighted by atomic mass is 10.0. The van der Waals surface area contributed by atoms with Crippen LogP contribution >= 0.6 is 11.3 Å². The van der Waals surface area contributed by atoms with Crippen LogP contribution in [0.4, 0.5) is 9.93 Å². The van der Waals surface area contributed by atoms with Gasteiger partial charge < -0.3 is 26.4 Å². The summed E-state index contributed by atoms with van der Waals surface area (Å²) in [5.74, 6) is -1.87. The first-order valence-corrected chi connectivity index (χ1v) is 12.3. The predicted molar refractivity (Wildman–Crippen MR) is 140 cm³/mol. The van der Waals surface area contributed by atoms with Crippen molar-refractivity contribution in [1.82, 2.24) is 15.6 Å². The number of amides is 4. The Bertz CT molecular complexity index is 1240. The summed E-state index contributed by atoms with van der Waals surface area (Å²) >= 11 is 1.04. The van der Waals surface area contributed by atoms with Crippen molar-refractivity contribution in [2.45, 2.75) is 44.9 Å². The molecule has 194 valence electrons. The van der Waals surface area contributed by atoms with E-state index in [0.29, 0.717) is 5.56 Å². The molecule has 10 nitrogen and oxygen atoms in total. The standard InChI is InChI=1S/C26H29N5O5S/c1-26(2,3)36-25(35)30-20(17-12-8-5-9-13-17)23(34)28-18(14-16-10-6-4-7-11-16)22(33)31-24-29-19(15-37-24)21(27)32/h4-13,15,18,20H,14H2,1-3H3,(H2,27,32)(H,28,34)(H,30,35)(H,29,31,33). The number of primary amides is 1. The number of nitrogens with one attached hydrogen (secondary N) is 3. The summed E-state index contributed by atoms with van der Waals surface area (Å²) in [4.78, 5) is 54.5. The first-order chi connectivity index (χ1) is 17.5. The molecule has 2 aromatic carbocycles. The molecule has 2 unspecified atom stereocenters. The van der Waals surface area contributed by atoms with Gasteiger partial charge in [0.25, 0.3) is 5.91 Å². The summed E-state index contributed by atoms with van der Waals surface area (Å²) in [6.45, 7) is 5.14. The van der Waals surface area contributed by atoms with Crippen molar-refractivity contribution in [2.75, 3.05) is 5.32 Å². The van der Waals surface area contributed by atoms with Gasteiger partial charge in [0.1, 0.15) is 23.4 Å². The maximum Gasteiger partial charge on any atom is 0.408 e. The minimum Gasteiger partial charge on any atom is -0.444 e. The zero-order chi connectivity index (χ0) is 27.0. The van der Waals surface area contributed by atoms with Crippen molar-refractivity contribution in [1.29, 1.82) is 0 Å². The van der Waals surface area contributed by atoms with Crippen LogP contribution in [0.25, 0.3) is 0 Å². The normalized spacial score (nSPS) is 12.6. The third kappa shape index (κ3) is 8.43. The summed E-state index contributed by atoms with van der Waals surface area (Å²) in [5.41, 5.74) is 5.81. The fraction of sp³-hybridized carbons (Fsp3) is 0.269. The van der Waals surface area contributed by atoms with Crippen LogP contribution in [0.3, 0.4) is 0 Å². The highest BCUT2D eigenvalue weighted by Crippen LogP contribution is 2.18. The number of carbonyl (C=O) groups excluding carboxylic acids is 4. The van der Waals surface area contributed by atoms with E-state index in [1.807, 2.05) is 30.3 Å². The maximum atomic E-state index is 13.5. The second-order valence-electron chi connectivity index (χ2n) is 9.13. The van der Waals surface area contributed by atoms with Crippen LogP contribution in [0.15, 0.2) is 66.0 Å². The smallest absolute Gasteiger partial charge is 0.408 e. The SMILES string of the molecule is CC(C)(C)OC(=O)NC(C(=O)NC(Cc1ccccc1)C(=O)Nc1nc(C(N)=O)cs1)c1ccccc1. The number of thiazole rings is 1. The number of carbonyl (C=O) groups is 4. The fourth-order valence-corrected chi connectivity index (χ4v) is 4.02. The number of nitrogens with two attached hydrogens (primary N) is 1. The molecular weight excluding hydrogens is 494 g/mol. The number of hydrogen-bond acceptors (Lipinski definition) is 7. The van der Waals surface area contributed by atoms with Gasteiger partial charge in [-0.3, -0.25) is 14.4 Å². The van der Waals surface area contributed by atoms with Crippen molar-refractivity contribution in [2.24, 2.45) is 5.73 Å². The molecule has 0 radical (unpaired) electrons. The Labute approximate surface area is 218 Å². The molecule has 37 heavy (non-hydrogen) atoms. The van der Waals surface area contributed by atoms with Crippen molar-refractivity contribution >= 4 is 40.3 Å². The number of nitrogens with zero attached hydrogens (tertiary/aromatic N) is 1. The Kier molecular flexibility index (Phi) is 8.96. The Morgan fingerprint density at radius 2 is 1.57 bits per heavy atom. The lowest BCUT2D eigenvalue weighted by Crippen LogP contribution is -2.50. The zero-order valence-electron chi connectivity index (χ0n) is 20.7. The number of hydrogen-bond donors (Lipinski definition) is 4. The maximum absolute atomic E-state index is 13.5. The Hall–Kier alpha value is -4.25. The highest BCUT2D eigenvalue weighted by Gasteiger charge is 2.30. The molecule has 11 heteroatoms. The molecule has 0 aliphatic heterocycles. The summed E-state index contributed by atoms with van der Waals surface area (Å²) in [7, 11) is 0. The number of anilines is 1. The van der Waals surface area contributed by atoms with Crippen LogP contribution in [-0.4, -0.2) is 40.4 Å². The van der Waals surface area contributed by atoms with E-state index in [-0.39, 0.29) is 17.2 Å². The van der Waals surface area contributed by atoms with Crippen molar-refractivity contribution in [3.05, 3.63) is 82.9 Å². The van der Waals surface area contributed by atoms with Gasteiger partial charge in [0.15, 0.2) is 5.13 Å². The van der Waals surface area contributed by atoms with E-state index in [1.54, 1.807) is 51.1 Å².